The molecule has 1 atom stereocenters. The smallest absolute Gasteiger partial charge is 0.208 e. The summed E-state index contributed by atoms with van der Waals surface area (Å²) < 4.78 is 5.08. The zero-order valence-electron chi connectivity index (χ0n) is 6.00. The molecule has 3 heteroatoms. The van der Waals surface area contributed by atoms with E-state index in [9.17, 15) is 0 Å². The zero-order chi connectivity index (χ0) is 7.61. The van der Waals surface area contributed by atoms with Crippen molar-refractivity contribution in [2.24, 2.45) is 4.99 Å². The lowest BCUT2D eigenvalue weighted by Gasteiger charge is -2.12. The monoisotopic (exact) mass is 141 g/mol. The Balaban J connectivity index is 2.70. The Labute approximate surface area is 60.0 Å². The molecule has 0 amide bonds. The maximum absolute atomic E-state index is 8.82. The Kier molecular flexibility index (Phi) is 1.76. The first-order valence-corrected chi connectivity index (χ1v) is 3.16. The molecule has 1 unspecified atom stereocenters. The van der Waals surface area contributed by atoms with Crippen LogP contribution in [0.1, 0.15) is 6.92 Å². The number of nitrogens with zero attached hydrogens (tertiary/aromatic N) is 1. The molecule has 0 bridgehead atoms. The van der Waals surface area contributed by atoms with Crippen LogP contribution in [0.4, 0.5) is 0 Å². The topological polar surface area (TPSA) is 41.8 Å². The van der Waals surface area contributed by atoms with Gasteiger partial charge in [0.25, 0.3) is 0 Å². The number of aliphatic hydroxyl groups excluding tert-OH is 1. The lowest BCUT2D eigenvalue weighted by atomic mass is 10.1. The molecule has 1 rings (SSSR count). The molecule has 1 aliphatic rings. The highest BCUT2D eigenvalue weighted by atomic mass is 16.5. The molecule has 0 aromatic rings. The van der Waals surface area contributed by atoms with Crippen molar-refractivity contribution in [3.8, 4) is 0 Å². The van der Waals surface area contributed by atoms with E-state index >= 15 is 0 Å². The van der Waals surface area contributed by atoms with E-state index < -0.39 is 5.54 Å². The fourth-order valence-corrected chi connectivity index (χ4v) is 0.746. The van der Waals surface area contributed by atoms with Crippen molar-refractivity contribution in [1.82, 2.24) is 0 Å². The summed E-state index contributed by atoms with van der Waals surface area (Å²) in [5.41, 5.74) is -0.441. The van der Waals surface area contributed by atoms with Gasteiger partial charge in [0.05, 0.1) is 6.61 Å². The third kappa shape index (κ3) is 1.19. The highest BCUT2D eigenvalue weighted by Crippen LogP contribution is 2.17. The van der Waals surface area contributed by atoms with Crippen LogP contribution in [0.15, 0.2) is 17.6 Å². The van der Waals surface area contributed by atoms with Gasteiger partial charge in [-0.05, 0) is 13.0 Å². The van der Waals surface area contributed by atoms with Crippen LogP contribution in [-0.2, 0) is 4.74 Å². The molecular weight excluding hydrogens is 130 g/mol. The van der Waals surface area contributed by atoms with Gasteiger partial charge in [-0.25, -0.2) is 4.99 Å². The van der Waals surface area contributed by atoms with Crippen molar-refractivity contribution in [2.45, 2.75) is 12.5 Å². The summed E-state index contributed by atoms with van der Waals surface area (Å²) in [6.45, 7) is 5.81. The second kappa shape index (κ2) is 2.42. The summed E-state index contributed by atoms with van der Waals surface area (Å²) in [6, 6.07) is 0. The second-order valence-corrected chi connectivity index (χ2v) is 2.60. The molecule has 3 nitrogen and oxygen atoms in total. The summed E-state index contributed by atoms with van der Waals surface area (Å²) >= 11 is 0. The minimum Gasteiger partial charge on any atom is -0.475 e. The number of aliphatic imine (C=N–C) groups is 1. The van der Waals surface area contributed by atoms with Crippen LogP contribution in [0.2, 0.25) is 0 Å². The minimum atomic E-state index is -0.441. The number of hydrogen-bond acceptors (Lipinski definition) is 3. The van der Waals surface area contributed by atoms with Gasteiger partial charge in [0.15, 0.2) is 0 Å². The van der Waals surface area contributed by atoms with Crippen LogP contribution >= 0.6 is 0 Å². The maximum atomic E-state index is 8.82. The Morgan fingerprint density at radius 3 is 3.00 bits per heavy atom. The normalized spacial score (nSPS) is 31.2. The number of hydrogen-bond donors (Lipinski definition) is 1. The molecule has 10 heavy (non-hydrogen) atoms. The fraction of sp³-hybridized carbons (Fsp3) is 0.571. The Hall–Kier alpha value is -0.830. The molecule has 0 radical (unpaired) electrons. The van der Waals surface area contributed by atoms with Gasteiger partial charge >= 0.3 is 0 Å². The highest BCUT2D eigenvalue weighted by Gasteiger charge is 2.29. The summed E-state index contributed by atoms with van der Waals surface area (Å²) in [7, 11) is 0. The first-order chi connectivity index (χ1) is 4.70. The largest absolute Gasteiger partial charge is 0.475 e. The summed E-state index contributed by atoms with van der Waals surface area (Å²) in [5.74, 6) is 0.525. The van der Waals surface area contributed by atoms with E-state index in [1.807, 2.05) is 6.92 Å². The molecule has 0 aliphatic carbocycles. The number of ether oxygens (including phenoxy) is 1. The molecule has 0 aromatic carbocycles. The van der Waals surface area contributed by atoms with Gasteiger partial charge in [-0.3, -0.25) is 0 Å². The molecule has 0 saturated carbocycles. The maximum Gasteiger partial charge on any atom is 0.208 e. The van der Waals surface area contributed by atoms with E-state index in [2.05, 4.69) is 11.6 Å². The molecule has 0 aromatic heterocycles. The van der Waals surface area contributed by atoms with Crippen molar-refractivity contribution in [1.29, 1.82) is 0 Å². The lowest BCUT2D eigenvalue weighted by Crippen LogP contribution is -2.28. The predicted molar refractivity (Wildman–Crippen MR) is 39.1 cm³/mol. The van der Waals surface area contributed by atoms with E-state index in [0.717, 1.165) is 0 Å². The van der Waals surface area contributed by atoms with Crippen LogP contribution in [0.25, 0.3) is 0 Å². The number of rotatable bonds is 2. The summed E-state index contributed by atoms with van der Waals surface area (Å²) in [6.07, 6.45) is 1.54. The summed E-state index contributed by atoms with van der Waals surface area (Å²) in [5, 5.41) is 8.82. The fourth-order valence-electron chi connectivity index (χ4n) is 0.746. The molecule has 0 fully saturated rings. The first kappa shape index (κ1) is 7.28. The van der Waals surface area contributed by atoms with E-state index in [0.29, 0.717) is 12.5 Å². The average Bonchev–Trinajstić information content (AvgIpc) is 2.33. The van der Waals surface area contributed by atoms with Crippen molar-refractivity contribution >= 4 is 5.90 Å². The van der Waals surface area contributed by atoms with E-state index in [1.54, 1.807) is 6.08 Å². The van der Waals surface area contributed by atoms with E-state index in [4.69, 9.17) is 9.84 Å². The number of aliphatic hydroxyl groups is 1. The highest BCUT2D eigenvalue weighted by molar-refractivity contribution is 5.88. The molecule has 1 N–H and O–H groups in total. The van der Waals surface area contributed by atoms with Gasteiger partial charge in [-0.1, -0.05) is 6.58 Å². The van der Waals surface area contributed by atoms with Gasteiger partial charge in [0.2, 0.25) is 5.90 Å². The van der Waals surface area contributed by atoms with E-state index in [1.165, 1.54) is 0 Å². The van der Waals surface area contributed by atoms with Crippen LogP contribution in [-0.4, -0.2) is 29.8 Å². The lowest BCUT2D eigenvalue weighted by molar-refractivity contribution is 0.170. The van der Waals surface area contributed by atoms with Gasteiger partial charge in [0.1, 0.15) is 12.1 Å². The molecule has 0 saturated heterocycles. The third-order valence-electron chi connectivity index (χ3n) is 1.43. The van der Waals surface area contributed by atoms with Crippen LogP contribution in [0, 0.1) is 0 Å². The first-order valence-electron chi connectivity index (χ1n) is 3.16. The Morgan fingerprint density at radius 1 is 2.00 bits per heavy atom. The average molecular weight is 141 g/mol. The minimum absolute atomic E-state index is 0.0182. The van der Waals surface area contributed by atoms with Crippen molar-refractivity contribution in [3.63, 3.8) is 0 Å². The second-order valence-electron chi connectivity index (χ2n) is 2.60. The van der Waals surface area contributed by atoms with Gasteiger partial charge < -0.3 is 9.84 Å². The predicted octanol–water partition coefficient (Wildman–Crippen LogP) is 0.352. The van der Waals surface area contributed by atoms with Crippen LogP contribution in [0.5, 0.6) is 0 Å². The molecule has 56 valence electrons. The standard InChI is InChI=1S/C7H11NO2/c1-3-6-8-7(2,4-9)5-10-6/h3,9H,1,4-5H2,2H3. The Bertz CT molecular complexity index is 176. The van der Waals surface area contributed by atoms with Gasteiger partial charge in [0, 0.05) is 0 Å². The summed E-state index contributed by atoms with van der Waals surface area (Å²) in [4.78, 5) is 4.08. The SMILES string of the molecule is C=CC1=NC(C)(CO)CO1. The zero-order valence-corrected chi connectivity index (χ0v) is 6.00. The van der Waals surface area contributed by atoms with E-state index in [-0.39, 0.29) is 6.61 Å². The van der Waals surface area contributed by atoms with Crippen molar-refractivity contribution in [3.05, 3.63) is 12.7 Å². The van der Waals surface area contributed by atoms with Crippen LogP contribution in [0.3, 0.4) is 0 Å². The molecule has 1 aliphatic heterocycles. The van der Waals surface area contributed by atoms with Gasteiger partial charge in [-0.2, -0.15) is 0 Å². The molecule has 0 spiro atoms. The van der Waals surface area contributed by atoms with Crippen molar-refractivity contribution in [2.75, 3.05) is 13.2 Å². The quantitative estimate of drug-likeness (QED) is 0.603. The third-order valence-corrected chi connectivity index (χ3v) is 1.43. The molecule has 1 heterocycles. The Morgan fingerprint density at radius 2 is 2.70 bits per heavy atom. The van der Waals surface area contributed by atoms with Crippen LogP contribution < -0.4 is 0 Å². The molecular formula is C7H11NO2. The van der Waals surface area contributed by atoms with Gasteiger partial charge in [-0.15, -0.1) is 0 Å². The van der Waals surface area contributed by atoms with Crippen molar-refractivity contribution < 1.29 is 9.84 Å².